The van der Waals surface area contributed by atoms with Crippen LogP contribution in [0.5, 0.6) is 11.5 Å². The number of anilines is 1. The minimum absolute atomic E-state index is 0.306. The van der Waals surface area contributed by atoms with E-state index in [1.165, 1.54) is 12.3 Å². The number of nitrogens with zero attached hydrogens (tertiary/aromatic N) is 1. The van der Waals surface area contributed by atoms with Gasteiger partial charge in [-0.1, -0.05) is 30.1 Å². The van der Waals surface area contributed by atoms with Crippen molar-refractivity contribution in [3.05, 3.63) is 52.0 Å². The third-order valence-electron chi connectivity index (χ3n) is 3.58. The second-order valence-electron chi connectivity index (χ2n) is 5.91. The molecule has 0 radical (unpaired) electrons. The first-order valence-corrected chi connectivity index (χ1v) is 9.56. The minimum Gasteiger partial charge on any atom is -0.493 e. The number of carbonyl (C=O) groups excluding carboxylic acids is 2. The van der Waals surface area contributed by atoms with Crippen molar-refractivity contribution in [2.24, 2.45) is 5.10 Å². The van der Waals surface area contributed by atoms with Crippen LogP contribution >= 0.6 is 23.2 Å². The summed E-state index contributed by atoms with van der Waals surface area (Å²) in [4.78, 5) is 23.8. The first-order chi connectivity index (χ1) is 13.9. The van der Waals surface area contributed by atoms with Crippen LogP contribution in [-0.4, -0.2) is 31.7 Å². The fraction of sp³-hybridized carbons (Fsp3) is 0.250. The molecule has 2 N–H and O–H groups in total. The molecular weight excluding hydrogens is 417 g/mol. The van der Waals surface area contributed by atoms with E-state index in [-0.39, 0.29) is 0 Å². The van der Waals surface area contributed by atoms with Crippen molar-refractivity contribution in [1.29, 1.82) is 0 Å². The topological polar surface area (TPSA) is 89.0 Å². The van der Waals surface area contributed by atoms with Crippen molar-refractivity contribution in [3.8, 4) is 11.5 Å². The number of rotatable bonds is 9. The first kappa shape index (κ1) is 22.5. The maximum absolute atomic E-state index is 11.9. The molecule has 0 unspecified atom stereocenters. The molecule has 0 bridgehead atoms. The van der Waals surface area contributed by atoms with Gasteiger partial charge in [0, 0.05) is 5.69 Å². The molecular formula is C20H21Cl2N3O4. The van der Waals surface area contributed by atoms with E-state index in [1.54, 1.807) is 37.4 Å². The van der Waals surface area contributed by atoms with Crippen LogP contribution in [0, 0.1) is 0 Å². The minimum atomic E-state index is -0.561. The van der Waals surface area contributed by atoms with Crippen molar-refractivity contribution in [3.63, 3.8) is 0 Å². The summed E-state index contributed by atoms with van der Waals surface area (Å²) < 4.78 is 10.9. The normalized spacial score (nSPS) is 10.6. The van der Waals surface area contributed by atoms with Gasteiger partial charge < -0.3 is 14.8 Å². The number of ether oxygens (including phenoxy) is 2. The largest absolute Gasteiger partial charge is 0.493 e. The maximum atomic E-state index is 11.9. The van der Waals surface area contributed by atoms with E-state index in [1.807, 2.05) is 6.92 Å². The third kappa shape index (κ3) is 7.29. The van der Waals surface area contributed by atoms with E-state index in [0.29, 0.717) is 39.4 Å². The molecule has 0 aliphatic rings. The molecule has 2 aromatic rings. The van der Waals surface area contributed by atoms with E-state index in [0.717, 1.165) is 6.42 Å². The zero-order chi connectivity index (χ0) is 21.2. The van der Waals surface area contributed by atoms with Crippen molar-refractivity contribution in [2.45, 2.75) is 19.8 Å². The van der Waals surface area contributed by atoms with Crippen LogP contribution in [0.2, 0.25) is 10.0 Å². The molecule has 0 saturated carbocycles. The lowest BCUT2D eigenvalue weighted by atomic mass is 10.2. The van der Waals surface area contributed by atoms with Crippen molar-refractivity contribution in [2.75, 3.05) is 19.0 Å². The predicted molar refractivity (Wildman–Crippen MR) is 114 cm³/mol. The van der Waals surface area contributed by atoms with Crippen LogP contribution in [0.1, 0.15) is 25.3 Å². The van der Waals surface area contributed by atoms with Crippen LogP contribution in [0.15, 0.2) is 41.5 Å². The van der Waals surface area contributed by atoms with Crippen molar-refractivity contribution >= 4 is 46.9 Å². The Labute approximate surface area is 179 Å². The fourth-order valence-electron chi connectivity index (χ4n) is 2.24. The summed E-state index contributed by atoms with van der Waals surface area (Å²) in [6, 6.07) is 9.92. The van der Waals surface area contributed by atoms with E-state index >= 15 is 0 Å². The highest BCUT2D eigenvalue weighted by Crippen LogP contribution is 2.27. The van der Waals surface area contributed by atoms with Crippen molar-refractivity contribution in [1.82, 2.24) is 5.43 Å². The highest BCUT2D eigenvalue weighted by molar-refractivity contribution is 6.42. The van der Waals surface area contributed by atoms with E-state index in [4.69, 9.17) is 32.7 Å². The second kappa shape index (κ2) is 11.3. The van der Waals surface area contributed by atoms with Gasteiger partial charge in [0.2, 0.25) is 11.8 Å². The number of hydrogen-bond donors (Lipinski definition) is 2. The molecule has 0 atom stereocenters. The highest BCUT2D eigenvalue weighted by atomic mass is 35.5. The van der Waals surface area contributed by atoms with Crippen LogP contribution in [0.25, 0.3) is 0 Å². The molecule has 0 aromatic heterocycles. The molecule has 0 saturated heterocycles. The quantitative estimate of drug-likeness (QED) is 0.348. The molecule has 2 aromatic carbocycles. The fourth-order valence-corrected chi connectivity index (χ4v) is 2.54. The van der Waals surface area contributed by atoms with Crippen LogP contribution in [0.3, 0.4) is 0 Å². The lowest BCUT2D eigenvalue weighted by Crippen LogP contribution is -2.24. The average molecular weight is 438 g/mol. The van der Waals surface area contributed by atoms with E-state index in [9.17, 15) is 9.59 Å². The maximum Gasteiger partial charge on any atom is 0.249 e. The molecule has 0 fully saturated rings. The van der Waals surface area contributed by atoms with Gasteiger partial charge in [-0.15, -0.1) is 0 Å². The summed E-state index contributed by atoms with van der Waals surface area (Å²) in [6.45, 7) is 2.60. The lowest BCUT2D eigenvalue weighted by molar-refractivity contribution is -0.126. The molecule has 0 spiro atoms. The molecule has 29 heavy (non-hydrogen) atoms. The monoisotopic (exact) mass is 437 g/mol. The summed E-state index contributed by atoms with van der Waals surface area (Å²) in [7, 11) is 1.54. The summed E-state index contributed by atoms with van der Waals surface area (Å²) in [5.74, 6) is 0.132. The van der Waals surface area contributed by atoms with Crippen LogP contribution in [-0.2, 0) is 9.59 Å². The van der Waals surface area contributed by atoms with Gasteiger partial charge in [0.25, 0.3) is 0 Å². The van der Waals surface area contributed by atoms with Crippen LogP contribution in [0.4, 0.5) is 5.69 Å². The first-order valence-electron chi connectivity index (χ1n) is 8.80. The molecule has 9 heteroatoms. The smallest absolute Gasteiger partial charge is 0.249 e. The standard InChI is InChI=1S/C20H21Cl2N3O4/c1-3-8-29-17-7-4-13(9-18(17)28-2)12-23-25-20(27)11-19(26)24-14-5-6-15(21)16(22)10-14/h4-7,9-10,12H,3,8,11H2,1-2H3,(H,24,26)(H,25,27). The number of hydrazone groups is 1. The number of benzene rings is 2. The van der Waals surface area contributed by atoms with Gasteiger partial charge in [-0.3, -0.25) is 9.59 Å². The lowest BCUT2D eigenvalue weighted by Gasteiger charge is -2.10. The van der Waals surface area contributed by atoms with Gasteiger partial charge in [-0.2, -0.15) is 5.10 Å². The Hall–Kier alpha value is -2.77. The van der Waals surface area contributed by atoms with Gasteiger partial charge in [0.15, 0.2) is 11.5 Å². The molecule has 154 valence electrons. The molecule has 0 aliphatic carbocycles. The van der Waals surface area contributed by atoms with Crippen LogP contribution < -0.4 is 20.2 Å². The van der Waals surface area contributed by atoms with Gasteiger partial charge in [-0.25, -0.2) is 5.43 Å². The Balaban J connectivity index is 1.86. The SMILES string of the molecule is CCCOc1ccc(C=NNC(=O)CC(=O)Nc2ccc(Cl)c(Cl)c2)cc1OC. The van der Waals surface area contributed by atoms with E-state index < -0.39 is 18.2 Å². The Morgan fingerprint density at radius 2 is 1.86 bits per heavy atom. The molecule has 7 nitrogen and oxygen atoms in total. The molecule has 0 heterocycles. The van der Waals surface area contributed by atoms with Gasteiger partial charge in [-0.05, 0) is 48.4 Å². The Morgan fingerprint density at radius 1 is 1.07 bits per heavy atom. The Kier molecular flexibility index (Phi) is 8.76. The third-order valence-corrected chi connectivity index (χ3v) is 4.32. The zero-order valence-electron chi connectivity index (χ0n) is 16.0. The summed E-state index contributed by atoms with van der Waals surface area (Å²) >= 11 is 11.7. The van der Waals surface area contributed by atoms with Gasteiger partial charge in [0.1, 0.15) is 6.42 Å². The average Bonchev–Trinajstić information content (AvgIpc) is 2.69. The highest BCUT2D eigenvalue weighted by Gasteiger charge is 2.10. The number of carbonyl (C=O) groups is 2. The van der Waals surface area contributed by atoms with Gasteiger partial charge in [0.05, 0.1) is 30.0 Å². The molecule has 2 rings (SSSR count). The molecule has 2 amide bonds. The van der Waals surface area contributed by atoms with E-state index in [2.05, 4.69) is 15.8 Å². The number of hydrogen-bond acceptors (Lipinski definition) is 5. The number of amides is 2. The Bertz CT molecular complexity index is 903. The Morgan fingerprint density at radius 3 is 2.55 bits per heavy atom. The molecule has 0 aliphatic heterocycles. The second-order valence-corrected chi connectivity index (χ2v) is 6.72. The summed E-state index contributed by atoms with van der Waals surface area (Å²) in [5.41, 5.74) is 3.45. The van der Waals surface area contributed by atoms with Gasteiger partial charge >= 0.3 is 0 Å². The number of halogens is 2. The number of methoxy groups -OCH3 is 1. The number of nitrogens with one attached hydrogen (secondary N) is 2. The summed E-state index contributed by atoms with van der Waals surface area (Å²) in [6.07, 6.45) is 1.93. The predicted octanol–water partition coefficient (Wildman–Crippen LogP) is 4.27. The van der Waals surface area contributed by atoms with Crippen molar-refractivity contribution < 1.29 is 19.1 Å². The zero-order valence-corrected chi connectivity index (χ0v) is 17.5. The summed E-state index contributed by atoms with van der Waals surface area (Å²) in [5, 5.41) is 7.10.